The third kappa shape index (κ3) is 3.48. The summed E-state index contributed by atoms with van der Waals surface area (Å²) in [5, 5.41) is 25.0. The average molecular weight is 399 g/mol. The van der Waals surface area contributed by atoms with Gasteiger partial charge in [0.1, 0.15) is 0 Å². The van der Waals surface area contributed by atoms with Gasteiger partial charge in [-0.05, 0) is 36.2 Å². The lowest BCUT2D eigenvalue weighted by molar-refractivity contribution is 0.0697. The summed E-state index contributed by atoms with van der Waals surface area (Å²) in [5.74, 6) is -0.698. The van der Waals surface area contributed by atoms with Crippen LogP contribution in [-0.2, 0) is 0 Å². The van der Waals surface area contributed by atoms with Crippen LogP contribution in [-0.4, -0.2) is 40.5 Å². The molecule has 2 atom stereocenters. The van der Waals surface area contributed by atoms with Crippen LogP contribution in [0.1, 0.15) is 28.3 Å². The molecule has 6 nitrogen and oxygen atoms in total. The van der Waals surface area contributed by atoms with Gasteiger partial charge in [0.2, 0.25) is 0 Å². The zero-order valence-electron chi connectivity index (χ0n) is 15.0. The number of benzene rings is 2. The normalized spacial score (nSPS) is 19.6. The molecule has 1 aliphatic heterocycles. The third-order valence-corrected chi connectivity index (χ3v) is 5.36. The Morgan fingerprint density at radius 1 is 1.14 bits per heavy atom. The number of nitrogens with zero attached hydrogens (tertiary/aromatic N) is 2. The van der Waals surface area contributed by atoms with Crippen molar-refractivity contribution in [3.8, 4) is 11.3 Å². The number of rotatable bonds is 4. The van der Waals surface area contributed by atoms with Crippen molar-refractivity contribution in [1.82, 2.24) is 5.16 Å². The first kappa shape index (κ1) is 18.5. The van der Waals surface area contributed by atoms with Crippen LogP contribution in [0.5, 0.6) is 0 Å². The van der Waals surface area contributed by atoms with Gasteiger partial charge in [-0.3, -0.25) is 0 Å². The fourth-order valence-corrected chi connectivity index (χ4v) is 3.83. The Morgan fingerprint density at radius 3 is 2.50 bits per heavy atom. The molecular formula is C21H19ClN2O4. The van der Waals surface area contributed by atoms with E-state index in [1.165, 1.54) is 0 Å². The maximum Gasteiger partial charge on any atom is 0.343 e. The number of carbonyl (C=O) groups is 1. The molecule has 144 valence electrons. The number of β-amino-alcohol motifs (C(OH)–C–C–N with tert-alkyl or cyclic N) is 1. The van der Waals surface area contributed by atoms with E-state index in [-0.39, 0.29) is 29.6 Å². The molecule has 3 aromatic rings. The van der Waals surface area contributed by atoms with Crippen molar-refractivity contribution in [3.05, 3.63) is 70.7 Å². The molecule has 0 saturated carbocycles. The zero-order valence-corrected chi connectivity index (χ0v) is 15.7. The van der Waals surface area contributed by atoms with E-state index in [2.05, 4.69) is 5.16 Å². The SMILES string of the molecule is O=C(O)c1c(N2CC[C@H](c3ccccc3)[C@H](O)C2)noc1-c1ccc(Cl)cc1. The highest BCUT2D eigenvalue weighted by Crippen LogP contribution is 2.36. The molecule has 0 amide bonds. The number of carboxylic acids is 1. The lowest BCUT2D eigenvalue weighted by atomic mass is 9.87. The van der Waals surface area contributed by atoms with Crippen LogP contribution >= 0.6 is 11.6 Å². The van der Waals surface area contributed by atoms with Crippen molar-refractivity contribution in [1.29, 1.82) is 0 Å². The second kappa shape index (κ2) is 7.66. The highest BCUT2D eigenvalue weighted by atomic mass is 35.5. The molecule has 0 spiro atoms. The van der Waals surface area contributed by atoms with Gasteiger partial charge < -0.3 is 19.6 Å². The molecular weight excluding hydrogens is 380 g/mol. The van der Waals surface area contributed by atoms with Gasteiger partial charge in [-0.2, -0.15) is 0 Å². The predicted octanol–water partition coefficient (Wildman–Crippen LogP) is 4.05. The van der Waals surface area contributed by atoms with Crippen LogP contribution in [0.4, 0.5) is 5.82 Å². The number of hydrogen-bond donors (Lipinski definition) is 2. The van der Waals surface area contributed by atoms with Crippen molar-refractivity contribution in [3.63, 3.8) is 0 Å². The zero-order chi connectivity index (χ0) is 19.7. The van der Waals surface area contributed by atoms with Crippen LogP contribution in [0.15, 0.2) is 59.1 Å². The first-order valence-electron chi connectivity index (χ1n) is 9.01. The van der Waals surface area contributed by atoms with E-state index in [1.54, 1.807) is 29.2 Å². The Hall–Kier alpha value is -2.83. The van der Waals surface area contributed by atoms with E-state index in [0.29, 0.717) is 23.6 Å². The first-order valence-corrected chi connectivity index (χ1v) is 9.39. The highest BCUT2D eigenvalue weighted by Gasteiger charge is 2.34. The number of halogens is 1. The minimum atomic E-state index is -1.12. The minimum absolute atomic E-state index is 0.00677. The summed E-state index contributed by atoms with van der Waals surface area (Å²) in [7, 11) is 0. The maximum atomic E-state index is 11.9. The maximum absolute atomic E-state index is 11.9. The smallest absolute Gasteiger partial charge is 0.343 e. The van der Waals surface area contributed by atoms with Crippen molar-refractivity contribution in [2.24, 2.45) is 0 Å². The van der Waals surface area contributed by atoms with Crippen molar-refractivity contribution < 1.29 is 19.5 Å². The molecule has 1 aliphatic rings. The fourth-order valence-electron chi connectivity index (χ4n) is 3.70. The molecule has 7 heteroatoms. The summed E-state index contributed by atoms with van der Waals surface area (Å²) in [5.41, 5.74) is 1.66. The molecule has 0 unspecified atom stereocenters. The van der Waals surface area contributed by atoms with E-state index in [1.807, 2.05) is 30.3 Å². The summed E-state index contributed by atoms with van der Waals surface area (Å²) in [4.78, 5) is 13.7. The first-order chi connectivity index (χ1) is 13.5. The lowest BCUT2D eigenvalue weighted by Gasteiger charge is -2.36. The van der Waals surface area contributed by atoms with E-state index in [9.17, 15) is 15.0 Å². The van der Waals surface area contributed by atoms with Crippen molar-refractivity contribution in [2.45, 2.75) is 18.4 Å². The van der Waals surface area contributed by atoms with E-state index >= 15 is 0 Å². The van der Waals surface area contributed by atoms with Gasteiger partial charge in [-0.25, -0.2) is 4.79 Å². The molecule has 28 heavy (non-hydrogen) atoms. The highest BCUT2D eigenvalue weighted by molar-refractivity contribution is 6.30. The number of carboxylic acid groups (broad SMARTS) is 1. The summed E-state index contributed by atoms with van der Waals surface area (Å²) >= 11 is 5.91. The molecule has 0 aliphatic carbocycles. The van der Waals surface area contributed by atoms with Gasteiger partial charge in [0, 0.05) is 29.6 Å². The van der Waals surface area contributed by atoms with Gasteiger partial charge in [-0.1, -0.05) is 47.1 Å². The van der Waals surface area contributed by atoms with Gasteiger partial charge in [0.05, 0.1) is 6.10 Å². The van der Waals surface area contributed by atoms with Crippen LogP contribution < -0.4 is 4.90 Å². The molecule has 1 saturated heterocycles. The van der Waals surface area contributed by atoms with Gasteiger partial charge in [0.25, 0.3) is 0 Å². The number of aromatic carboxylic acids is 1. The van der Waals surface area contributed by atoms with Crippen molar-refractivity contribution >= 4 is 23.4 Å². The number of aliphatic hydroxyl groups is 1. The third-order valence-electron chi connectivity index (χ3n) is 5.10. The van der Waals surface area contributed by atoms with Crippen molar-refractivity contribution in [2.75, 3.05) is 18.0 Å². The Kier molecular flexibility index (Phi) is 5.07. The van der Waals surface area contributed by atoms with E-state index in [0.717, 1.165) is 5.56 Å². The number of anilines is 1. The van der Waals surface area contributed by atoms with Crippen LogP contribution in [0, 0.1) is 0 Å². The number of hydrogen-bond acceptors (Lipinski definition) is 5. The molecule has 2 N–H and O–H groups in total. The summed E-state index contributed by atoms with van der Waals surface area (Å²) in [6, 6.07) is 16.6. The summed E-state index contributed by atoms with van der Waals surface area (Å²) in [6.07, 6.45) is 0.0568. The van der Waals surface area contributed by atoms with E-state index < -0.39 is 12.1 Å². The molecule has 1 fully saturated rings. The lowest BCUT2D eigenvalue weighted by Crippen LogP contribution is -2.43. The number of piperidine rings is 1. The van der Waals surface area contributed by atoms with Gasteiger partial charge in [0.15, 0.2) is 17.1 Å². The fraction of sp³-hybridized carbons (Fsp3) is 0.238. The molecule has 4 rings (SSSR count). The van der Waals surface area contributed by atoms with Crippen LogP contribution in [0.25, 0.3) is 11.3 Å². The second-order valence-electron chi connectivity index (χ2n) is 6.84. The molecule has 2 heterocycles. The number of aromatic nitrogens is 1. The van der Waals surface area contributed by atoms with Crippen LogP contribution in [0.3, 0.4) is 0 Å². The number of aliphatic hydroxyl groups excluding tert-OH is 1. The van der Waals surface area contributed by atoms with Crippen LogP contribution in [0.2, 0.25) is 5.02 Å². The Labute approximate surface area is 167 Å². The molecule has 0 radical (unpaired) electrons. The second-order valence-corrected chi connectivity index (χ2v) is 7.28. The molecule has 0 bridgehead atoms. The quantitative estimate of drug-likeness (QED) is 0.689. The predicted molar refractivity (Wildman–Crippen MR) is 106 cm³/mol. The topological polar surface area (TPSA) is 86.8 Å². The molecule has 2 aromatic carbocycles. The Morgan fingerprint density at radius 2 is 1.86 bits per heavy atom. The summed E-state index contributed by atoms with van der Waals surface area (Å²) in [6.45, 7) is 0.857. The standard InChI is InChI=1S/C21H19ClN2O4/c22-15-8-6-14(7-9-15)19-18(21(26)27)20(23-28-19)24-11-10-16(17(25)12-24)13-4-2-1-3-5-13/h1-9,16-17,25H,10-12H2,(H,26,27)/t16-,17-/m1/s1. The van der Waals surface area contributed by atoms with Gasteiger partial charge >= 0.3 is 5.97 Å². The average Bonchev–Trinajstić information content (AvgIpc) is 3.14. The minimum Gasteiger partial charge on any atom is -0.477 e. The largest absolute Gasteiger partial charge is 0.477 e. The van der Waals surface area contributed by atoms with Gasteiger partial charge in [-0.15, -0.1) is 0 Å². The monoisotopic (exact) mass is 398 g/mol. The summed E-state index contributed by atoms with van der Waals surface area (Å²) < 4.78 is 5.39. The molecule has 1 aromatic heterocycles. The van der Waals surface area contributed by atoms with E-state index in [4.69, 9.17) is 16.1 Å². The Balaban J connectivity index is 1.62. The Bertz CT molecular complexity index is 972.